The average molecular weight is 211 g/mol. The minimum absolute atomic E-state index is 0.0207. The number of rotatable bonds is 0. The molecule has 0 N–H and O–H groups in total. The van der Waals surface area contributed by atoms with Gasteiger partial charge >= 0.3 is 6.18 Å². The molecule has 2 aromatic rings. The second-order valence-electron chi connectivity index (χ2n) is 2.87. The molecular weight excluding hydrogens is 207 g/mol. The average Bonchev–Trinajstić information content (AvgIpc) is 2.61. The molecule has 0 aromatic carbocycles. The summed E-state index contributed by atoms with van der Waals surface area (Å²) in [6, 6.07) is 2.40. The van der Waals surface area contributed by atoms with Crippen molar-refractivity contribution in [2.24, 2.45) is 0 Å². The molecule has 2 heterocycles. The first-order valence-electron chi connectivity index (χ1n) is 3.97. The minimum atomic E-state index is -4.53. The number of fused-ring (bicyclic) bond motifs is 1. The van der Waals surface area contributed by atoms with Gasteiger partial charge in [0.15, 0.2) is 5.65 Å². The Labute approximate surface area is 82.4 Å². The smallest absolute Gasteiger partial charge is 0.306 e. The van der Waals surface area contributed by atoms with Crippen LogP contribution in [-0.4, -0.2) is 9.38 Å². The monoisotopic (exact) mass is 211 g/mol. The van der Waals surface area contributed by atoms with E-state index in [4.69, 9.17) is 5.26 Å². The van der Waals surface area contributed by atoms with Crippen LogP contribution >= 0.6 is 0 Å². The molecule has 0 saturated carbocycles. The first kappa shape index (κ1) is 9.52. The zero-order valence-corrected chi connectivity index (χ0v) is 7.28. The summed E-state index contributed by atoms with van der Waals surface area (Å²) in [5.41, 5.74) is -1.38. The van der Waals surface area contributed by atoms with Gasteiger partial charge in [-0.1, -0.05) is 0 Å². The Morgan fingerprint density at radius 3 is 2.67 bits per heavy atom. The van der Waals surface area contributed by atoms with E-state index in [2.05, 4.69) is 4.98 Å². The maximum absolute atomic E-state index is 12.5. The number of nitrogens with zero attached hydrogens (tertiary/aromatic N) is 3. The number of imidazole rings is 1. The van der Waals surface area contributed by atoms with Gasteiger partial charge in [0.1, 0.15) is 11.6 Å². The maximum Gasteiger partial charge on any atom is 0.417 e. The molecule has 0 aliphatic heterocycles. The van der Waals surface area contributed by atoms with Gasteiger partial charge in [-0.3, -0.25) is 0 Å². The van der Waals surface area contributed by atoms with Gasteiger partial charge in [0.05, 0.1) is 5.56 Å². The molecular formula is C9H4F3N3. The first-order chi connectivity index (χ1) is 7.04. The third kappa shape index (κ3) is 1.42. The SMILES string of the molecule is N#Cc1c(C(F)(F)F)ccn2ccnc12. The van der Waals surface area contributed by atoms with E-state index < -0.39 is 17.3 Å². The zero-order chi connectivity index (χ0) is 11.1. The standard InChI is InChI=1S/C9H4F3N3/c10-9(11,12)7-1-3-15-4-2-14-8(15)6(7)5-13/h1-4H. The fraction of sp³-hybridized carbons (Fsp3) is 0.111. The molecule has 0 aliphatic carbocycles. The summed E-state index contributed by atoms with van der Waals surface area (Å²) >= 11 is 0. The fourth-order valence-corrected chi connectivity index (χ4v) is 1.33. The van der Waals surface area contributed by atoms with E-state index in [0.717, 1.165) is 6.07 Å². The highest BCUT2D eigenvalue weighted by Gasteiger charge is 2.34. The Morgan fingerprint density at radius 1 is 1.33 bits per heavy atom. The molecule has 76 valence electrons. The van der Waals surface area contributed by atoms with Crippen LogP contribution in [0.3, 0.4) is 0 Å². The van der Waals surface area contributed by atoms with Crippen LogP contribution in [0.4, 0.5) is 13.2 Å². The van der Waals surface area contributed by atoms with Gasteiger partial charge in [0.25, 0.3) is 0 Å². The number of aromatic nitrogens is 2. The summed E-state index contributed by atoms with van der Waals surface area (Å²) in [6.07, 6.45) is -0.475. The Balaban J connectivity index is 2.82. The van der Waals surface area contributed by atoms with E-state index in [1.807, 2.05) is 0 Å². The van der Waals surface area contributed by atoms with Gasteiger partial charge in [-0.05, 0) is 6.07 Å². The summed E-state index contributed by atoms with van der Waals surface area (Å²) in [4.78, 5) is 3.70. The van der Waals surface area contributed by atoms with Crippen LogP contribution in [-0.2, 0) is 6.18 Å². The molecule has 3 nitrogen and oxygen atoms in total. The highest BCUT2D eigenvalue weighted by atomic mass is 19.4. The van der Waals surface area contributed by atoms with Crippen LogP contribution in [0.1, 0.15) is 11.1 Å². The third-order valence-electron chi connectivity index (χ3n) is 1.98. The predicted molar refractivity (Wildman–Crippen MR) is 44.9 cm³/mol. The lowest BCUT2D eigenvalue weighted by molar-refractivity contribution is -0.137. The van der Waals surface area contributed by atoms with Crippen molar-refractivity contribution in [1.82, 2.24) is 9.38 Å². The second-order valence-corrected chi connectivity index (χ2v) is 2.87. The predicted octanol–water partition coefficient (Wildman–Crippen LogP) is 2.22. The summed E-state index contributed by atoms with van der Waals surface area (Å²) in [7, 11) is 0. The minimum Gasteiger partial charge on any atom is -0.306 e. The summed E-state index contributed by atoms with van der Waals surface area (Å²) in [5.74, 6) is 0. The molecule has 2 aromatic heterocycles. The topological polar surface area (TPSA) is 41.1 Å². The zero-order valence-electron chi connectivity index (χ0n) is 7.28. The van der Waals surface area contributed by atoms with E-state index in [0.29, 0.717) is 0 Å². The molecule has 0 fully saturated rings. The number of hydrogen-bond acceptors (Lipinski definition) is 2. The van der Waals surface area contributed by atoms with E-state index in [9.17, 15) is 13.2 Å². The lowest BCUT2D eigenvalue weighted by atomic mass is 10.1. The molecule has 0 spiro atoms. The summed E-state index contributed by atoms with van der Waals surface area (Å²) in [6.45, 7) is 0. The Bertz CT molecular complexity index is 548. The van der Waals surface area contributed by atoms with Crippen LogP contribution in [0, 0.1) is 11.3 Å². The molecule has 15 heavy (non-hydrogen) atoms. The molecule has 0 amide bonds. The van der Waals surface area contributed by atoms with Crippen molar-refractivity contribution in [3.8, 4) is 6.07 Å². The van der Waals surface area contributed by atoms with E-state index in [1.165, 1.54) is 29.1 Å². The largest absolute Gasteiger partial charge is 0.417 e. The summed E-state index contributed by atoms with van der Waals surface area (Å²) in [5, 5.41) is 8.69. The number of hydrogen-bond donors (Lipinski definition) is 0. The van der Waals surface area contributed by atoms with Crippen molar-refractivity contribution >= 4 is 5.65 Å². The molecule has 6 heteroatoms. The van der Waals surface area contributed by atoms with Crippen LogP contribution in [0.2, 0.25) is 0 Å². The fourth-order valence-electron chi connectivity index (χ4n) is 1.33. The quantitative estimate of drug-likeness (QED) is 0.670. The van der Waals surface area contributed by atoms with E-state index in [1.54, 1.807) is 0 Å². The van der Waals surface area contributed by atoms with Crippen LogP contribution in [0.15, 0.2) is 24.7 Å². The van der Waals surface area contributed by atoms with Gasteiger partial charge in [-0.15, -0.1) is 0 Å². The molecule has 0 saturated heterocycles. The lowest BCUT2D eigenvalue weighted by Crippen LogP contribution is -2.09. The third-order valence-corrected chi connectivity index (χ3v) is 1.98. The Kier molecular flexibility index (Phi) is 1.89. The van der Waals surface area contributed by atoms with Crippen molar-refractivity contribution in [3.05, 3.63) is 35.8 Å². The highest BCUT2D eigenvalue weighted by molar-refractivity contribution is 5.59. The first-order valence-corrected chi connectivity index (χ1v) is 3.97. The van der Waals surface area contributed by atoms with E-state index in [-0.39, 0.29) is 5.65 Å². The highest BCUT2D eigenvalue weighted by Crippen LogP contribution is 2.32. The van der Waals surface area contributed by atoms with Crippen molar-refractivity contribution in [2.75, 3.05) is 0 Å². The van der Waals surface area contributed by atoms with Gasteiger partial charge in [0, 0.05) is 18.6 Å². The van der Waals surface area contributed by atoms with Crippen LogP contribution in [0.5, 0.6) is 0 Å². The van der Waals surface area contributed by atoms with Gasteiger partial charge < -0.3 is 4.40 Å². The van der Waals surface area contributed by atoms with Crippen LogP contribution < -0.4 is 0 Å². The number of pyridine rings is 1. The van der Waals surface area contributed by atoms with Crippen molar-refractivity contribution in [1.29, 1.82) is 5.26 Å². The molecule has 0 atom stereocenters. The molecule has 0 radical (unpaired) electrons. The molecule has 2 rings (SSSR count). The summed E-state index contributed by atoms with van der Waals surface area (Å²) < 4.78 is 38.8. The van der Waals surface area contributed by atoms with Gasteiger partial charge in [0.2, 0.25) is 0 Å². The van der Waals surface area contributed by atoms with Gasteiger partial charge in [-0.2, -0.15) is 18.4 Å². The van der Waals surface area contributed by atoms with Gasteiger partial charge in [-0.25, -0.2) is 4.98 Å². The number of alkyl halides is 3. The maximum atomic E-state index is 12.5. The number of nitriles is 1. The Morgan fingerprint density at radius 2 is 2.07 bits per heavy atom. The van der Waals surface area contributed by atoms with E-state index >= 15 is 0 Å². The lowest BCUT2D eigenvalue weighted by Gasteiger charge is -2.08. The normalized spacial score (nSPS) is 11.6. The van der Waals surface area contributed by atoms with Crippen molar-refractivity contribution < 1.29 is 13.2 Å². The molecule has 0 unspecified atom stereocenters. The number of halogens is 3. The Hall–Kier alpha value is -2.03. The van der Waals surface area contributed by atoms with Crippen molar-refractivity contribution in [2.45, 2.75) is 6.18 Å². The van der Waals surface area contributed by atoms with Crippen molar-refractivity contribution in [3.63, 3.8) is 0 Å². The molecule has 0 aliphatic rings. The molecule has 0 bridgehead atoms. The second kappa shape index (κ2) is 2.98. The van der Waals surface area contributed by atoms with Crippen LogP contribution in [0.25, 0.3) is 5.65 Å².